The largest absolute Gasteiger partial charge is 0.463 e. The van der Waals surface area contributed by atoms with Gasteiger partial charge in [0.2, 0.25) is 5.91 Å². The number of hydrogen-bond acceptors (Lipinski definition) is 3. The Morgan fingerprint density at radius 2 is 2.05 bits per heavy atom. The van der Waals surface area contributed by atoms with Gasteiger partial charge in [-0.05, 0) is 38.0 Å². The fraction of sp³-hybridized carbons (Fsp3) is 0.467. The van der Waals surface area contributed by atoms with Crippen molar-refractivity contribution in [2.75, 3.05) is 6.54 Å². The SMILES string of the molecule is CC(C)OC(=O)CCNC(=O)CCc1cccc(Cl)c1. The average molecular weight is 298 g/mol. The molecular formula is C15H20ClNO3. The van der Waals surface area contributed by atoms with Crippen molar-refractivity contribution >= 4 is 23.5 Å². The van der Waals surface area contributed by atoms with Gasteiger partial charge >= 0.3 is 5.97 Å². The predicted octanol–water partition coefficient (Wildman–Crippen LogP) is 2.73. The molecule has 0 aliphatic carbocycles. The van der Waals surface area contributed by atoms with Gasteiger partial charge in [-0.25, -0.2) is 0 Å². The Morgan fingerprint density at radius 1 is 1.30 bits per heavy atom. The molecule has 0 aromatic heterocycles. The van der Waals surface area contributed by atoms with Gasteiger partial charge in [0.1, 0.15) is 0 Å². The second kappa shape index (κ2) is 8.59. The molecule has 1 amide bonds. The van der Waals surface area contributed by atoms with Crippen LogP contribution in [0.5, 0.6) is 0 Å². The number of carbonyl (C=O) groups is 2. The van der Waals surface area contributed by atoms with Crippen LogP contribution in [0, 0.1) is 0 Å². The molecule has 0 radical (unpaired) electrons. The topological polar surface area (TPSA) is 55.4 Å². The molecule has 1 N–H and O–H groups in total. The Kier molecular flexibility index (Phi) is 7.09. The van der Waals surface area contributed by atoms with Crippen LogP contribution in [0.25, 0.3) is 0 Å². The third-order valence-corrected chi connectivity index (χ3v) is 2.78. The molecule has 0 atom stereocenters. The quantitative estimate of drug-likeness (QED) is 0.787. The van der Waals surface area contributed by atoms with Crippen molar-refractivity contribution < 1.29 is 14.3 Å². The summed E-state index contributed by atoms with van der Waals surface area (Å²) in [6.45, 7) is 3.89. The van der Waals surface area contributed by atoms with Gasteiger partial charge in [-0.2, -0.15) is 0 Å². The Morgan fingerprint density at radius 3 is 2.70 bits per heavy atom. The third kappa shape index (κ3) is 7.14. The van der Waals surface area contributed by atoms with Crippen molar-refractivity contribution in [1.82, 2.24) is 5.32 Å². The van der Waals surface area contributed by atoms with Gasteiger partial charge < -0.3 is 10.1 Å². The highest BCUT2D eigenvalue weighted by Crippen LogP contribution is 2.11. The summed E-state index contributed by atoms with van der Waals surface area (Å²) >= 11 is 5.87. The van der Waals surface area contributed by atoms with E-state index in [0.29, 0.717) is 24.4 Å². The lowest BCUT2D eigenvalue weighted by atomic mass is 10.1. The first-order valence-electron chi connectivity index (χ1n) is 6.68. The summed E-state index contributed by atoms with van der Waals surface area (Å²) in [5.74, 6) is -0.377. The molecular weight excluding hydrogens is 278 g/mol. The van der Waals surface area contributed by atoms with Gasteiger partial charge in [-0.15, -0.1) is 0 Å². The van der Waals surface area contributed by atoms with E-state index in [4.69, 9.17) is 16.3 Å². The summed E-state index contributed by atoms with van der Waals surface area (Å²) in [4.78, 5) is 22.9. The molecule has 0 unspecified atom stereocenters. The zero-order valence-corrected chi connectivity index (χ0v) is 12.6. The maximum absolute atomic E-state index is 11.6. The number of nitrogens with one attached hydrogen (secondary N) is 1. The van der Waals surface area contributed by atoms with E-state index in [1.54, 1.807) is 19.9 Å². The monoisotopic (exact) mass is 297 g/mol. The molecule has 1 aromatic carbocycles. The summed E-state index contributed by atoms with van der Waals surface area (Å²) in [5, 5.41) is 3.36. The predicted molar refractivity (Wildman–Crippen MR) is 78.6 cm³/mol. The Balaban J connectivity index is 2.19. The van der Waals surface area contributed by atoms with E-state index in [1.807, 2.05) is 18.2 Å². The van der Waals surface area contributed by atoms with Crippen LogP contribution in [-0.2, 0) is 20.7 Å². The van der Waals surface area contributed by atoms with Crippen molar-refractivity contribution in [2.24, 2.45) is 0 Å². The van der Waals surface area contributed by atoms with Crippen LogP contribution in [0.4, 0.5) is 0 Å². The number of benzene rings is 1. The number of rotatable bonds is 7. The third-order valence-electron chi connectivity index (χ3n) is 2.55. The van der Waals surface area contributed by atoms with Gasteiger partial charge in [-0.1, -0.05) is 23.7 Å². The number of halogens is 1. The average Bonchev–Trinajstić information content (AvgIpc) is 2.35. The number of aryl methyl sites for hydroxylation is 1. The molecule has 0 aliphatic rings. The number of ether oxygens (including phenoxy) is 1. The van der Waals surface area contributed by atoms with Crippen LogP contribution in [0.15, 0.2) is 24.3 Å². The first kappa shape index (κ1) is 16.5. The zero-order chi connectivity index (χ0) is 15.0. The molecule has 110 valence electrons. The van der Waals surface area contributed by atoms with E-state index in [0.717, 1.165) is 5.56 Å². The van der Waals surface area contributed by atoms with E-state index >= 15 is 0 Å². The molecule has 1 aromatic rings. The maximum Gasteiger partial charge on any atom is 0.307 e. The van der Waals surface area contributed by atoms with E-state index in [-0.39, 0.29) is 24.4 Å². The minimum absolute atomic E-state index is 0.0812. The van der Waals surface area contributed by atoms with Crippen molar-refractivity contribution in [3.63, 3.8) is 0 Å². The molecule has 0 fully saturated rings. The smallest absolute Gasteiger partial charge is 0.307 e. The summed E-state index contributed by atoms with van der Waals surface area (Å²) in [6, 6.07) is 7.43. The minimum Gasteiger partial charge on any atom is -0.463 e. The van der Waals surface area contributed by atoms with E-state index in [1.165, 1.54) is 0 Å². The van der Waals surface area contributed by atoms with Crippen LogP contribution in [0.3, 0.4) is 0 Å². The van der Waals surface area contributed by atoms with Crippen molar-refractivity contribution in [3.8, 4) is 0 Å². The number of hydrogen-bond donors (Lipinski definition) is 1. The maximum atomic E-state index is 11.6. The molecule has 0 saturated carbocycles. The van der Waals surface area contributed by atoms with E-state index < -0.39 is 0 Å². The molecule has 20 heavy (non-hydrogen) atoms. The van der Waals surface area contributed by atoms with Crippen LogP contribution in [0.2, 0.25) is 5.02 Å². The minimum atomic E-state index is -0.296. The standard InChI is InChI=1S/C15H20ClNO3/c1-11(2)20-15(19)8-9-17-14(18)7-6-12-4-3-5-13(16)10-12/h3-5,10-11H,6-9H2,1-2H3,(H,17,18). The lowest BCUT2D eigenvalue weighted by Gasteiger charge is -2.08. The van der Waals surface area contributed by atoms with Crippen LogP contribution in [0.1, 0.15) is 32.3 Å². The molecule has 0 bridgehead atoms. The number of esters is 1. The van der Waals surface area contributed by atoms with Gasteiger partial charge in [0.25, 0.3) is 0 Å². The van der Waals surface area contributed by atoms with Crippen LogP contribution >= 0.6 is 11.6 Å². The first-order valence-corrected chi connectivity index (χ1v) is 7.06. The van der Waals surface area contributed by atoms with E-state index in [2.05, 4.69) is 5.32 Å². The van der Waals surface area contributed by atoms with Gasteiger partial charge in [0.05, 0.1) is 12.5 Å². The second-order valence-corrected chi connectivity index (χ2v) is 5.20. The highest BCUT2D eigenvalue weighted by molar-refractivity contribution is 6.30. The lowest BCUT2D eigenvalue weighted by Crippen LogP contribution is -2.27. The van der Waals surface area contributed by atoms with Crippen LogP contribution < -0.4 is 5.32 Å². The van der Waals surface area contributed by atoms with Gasteiger partial charge in [0, 0.05) is 18.0 Å². The van der Waals surface area contributed by atoms with Crippen LogP contribution in [-0.4, -0.2) is 24.5 Å². The summed E-state index contributed by atoms with van der Waals surface area (Å²) in [7, 11) is 0. The van der Waals surface area contributed by atoms with Crippen molar-refractivity contribution in [2.45, 2.75) is 39.2 Å². The highest BCUT2D eigenvalue weighted by Gasteiger charge is 2.07. The van der Waals surface area contributed by atoms with Gasteiger partial charge in [0.15, 0.2) is 0 Å². The summed E-state index contributed by atoms with van der Waals surface area (Å²) < 4.78 is 4.97. The Bertz CT molecular complexity index is 460. The highest BCUT2D eigenvalue weighted by atomic mass is 35.5. The van der Waals surface area contributed by atoms with E-state index in [9.17, 15) is 9.59 Å². The number of amides is 1. The molecule has 0 spiro atoms. The Labute approximate surface area is 124 Å². The summed E-state index contributed by atoms with van der Waals surface area (Å²) in [6.07, 6.45) is 1.07. The molecule has 5 heteroatoms. The Hall–Kier alpha value is -1.55. The molecule has 0 aliphatic heterocycles. The molecule has 4 nitrogen and oxygen atoms in total. The van der Waals surface area contributed by atoms with Crippen molar-refractivity contribution in [3.05, 3.63) is 34.9 Å². The fourth-order valence-corrected chi connectivity index (χ4v) is 1.88. The lowest BCUT2D eigenvalue weighted by molar-refractivity contribution is -0.147. The summed E-state index contributed by atoms with van der Waals surface area (Å²) in [5.41, 5.74) is 1.02. The molecule has 0 heterocycles. The molecule has 0 saturated heterocycles. The van der Waals surface area contributed by atoms with Gasteiger partial charge in [-0.3, -0.25) is 9.59 Å². The molecule has 1 rings (SSSR count). The fourth-order valence-electron chi connectivity index (χ4n) is 1.66. The number of carbonyl (C=O) groups excluding carboxylic acids is 2. The normalized spacial score (nSPS) is 10.4. The van der Waals surface area contributed by atoms with Crippen molar-refractivity contribution in [1.29, 1.82) is 0 Å². The zero-order valence-electron chi connectivity index (χ0n) is 11.8. The first-order chi connectivity index (χ1) is 9.47. The second-order valence-electron chi connectivity index (χ2n) is 4.77.